The van der Waals surface area contributed by atoms with Crippen molar-refractivity contribution in [1.82, 2.24) is 10.0 Å². The van der Waals surface area contributed by atoms with Gasteiger partial charge in [-0.15, -0.1) is 0 Å². The number of ether oxygens (including phenoxy) is 2. The Morgan fingerprint density at radius 2 is 1.77 bits per heavy atom. The molecule has 3 rings (SSSR count). The number of carbonyl (C=O) groups is 1. The van der Waals surface area contributed by atoms with E-state index in [1.165, 1.54) is 12.1 Å². The molecule has 0 fully saturated rings. The lowest BCUT2D eigenvalue weighted by atomic mass is 10.1. The SMILES string of the molecule is CC(NC(=O)CNS(=O)(=O)c1ccc2c(c1)OCCO2)c1ccccc1. The standard InChI is InChI=1S/C18H20N2O5S/c1-13(14-5-3-2-4-6-14)20-18(21)12-19-26(22,23)15-7-8-16-17(11-15)25-10-9-24-16/h2-8,11,13,19H,9-10,12H2,1H3,(H,20,21). The van der Waals surface area contributed by atoms with Crippen LogP contribution in [0.4, 0.5) is 0 Å². The highest BCUT2D eigenvalue weighted by atomic mass is 32.2. The van der Waals surface area contributed by atoms with Gasteiger partial charge in [-0.3, -0.25) is 4.79 Å². The van der Waals surface area contributed by atoms with E-state index < -0.39 is 15.9 Å². The van der Waals surface area contributed by atoms with Crippen molar-refractivity contribution in [2.75, 3.05) is 19.8 Å². The van der Waals surface area contributed by atoms with Crippen molar-refractivity contribution in [3.63, 3.8) is 0 Å². The predicted octanol–water partition coefficient (Wildman–Crippen LogP) is 1.61. The van der Waals surface area contributed by atoms with E-state index in [-0.39, 0.29) is 17.5 Å². The van der Waals surface area contributed by atoms with Gasteiger partial charge in [0.2, 0.25) is 15.9 Å². The average Bonchev–Trinajstić information content (AvgIpc) is 2.67. The number of hydrogen-bond acceptors (Lipinski definition) is 5. The predicted molar refractivity (Wildman–Crippen MR) is 95.6 cm³/mol. The summed E-state index contributed by atoms with van der Waals surface area (Å²) in [6, 6.07) is 13.6. The topological polar surface area (TPSA) is 93.7 Å². The lowest BCUT2D eigenvalue weighted by Gasteiger charge is -2.19. The molecular formula is C18H20N2O5S. The zero-order chi connectivity index (χ0) is 18.6. The highest BCUT2D eigenvalue weighted by molar-refractivity contribution is 7.89. The molecule has 0 saturated heterocycles. The molecule has 1 amide bonds. The summed E-state index contributed by atoms with van der Waals surface area (Å²) in [5.74, 6) is 0.466. The summed E-state index contributed by atoms with van der Waals surface area (Å²) < 4.78 is 37.8. The smallest absolute Gasteiger partial charge is 0.241 e. The van der Waals surface area contributed by atoms with Crippen molar-refractivity contribution < 1.29 is 22.7 Å². The number of amides is 1. The van der Waals surface area contributed by atoms with Crippen LogP contribution in [0.1, 0.15) is 18.5 Å². The first-order chi connectivity index (χ1) is 12.5. The van der Waals surface area contributed by atoms with Gasteiger partial charge in [-0.05, 0) is 24.6 Å². The second-order valence-electron chi connectivity index (χ2n) is 5.83. The third-order valence-electron chi connectivity index (χ3n) is 3.92. The van der Waals surface area contributed by atoms with Gasteiger partial charge in [0, 0.05) is 6.07 Å². The molecule has 2 N–H and O–H groups in total. The average molecular weight is 376 g/mol. The van der Waals surface area contributed by atoms with E-state index in [0.717, 1.165) is 5.56 Å². The Morgan fingerprint density at radius 3 is 2.50 bits per heavy atom. The third-order valence-corrected chi connectivity index (χ3v) is 5.32. The fourth-order valence-corrected chi connectivity index (χ4v) is 3.55. The molecule has 26 heavy (non-hydrogen) atoms. The largest absolute Gasteiger partial charge is 0.486 e. The number of fused-ring (bicyclic) bond motifs is 1. The molecule has 0 saturated carbocycles. The normalized spacial score (nSPS) is 14.5. The lowest BCUT2D eigenvalue weighted by molar-refractivity contribution is -0.120. The summed E-state index contributed by atoms with van der Waals surface area (Å²) in [5.41, 5.74) is 0.940. The van der Waals surface area contributed by atoms with E-state index in [1.54, 1.807) is 6.07 Å². The maximum absolute atomic E-state index is 12.4. The van der Waals surface area contributed by atoms with Gasteiger partial charge < -0.3 is 14.8 Å². The second-order valence-corrected chi connectivity index (χ2v) is 7.60. The minimum Gasteiger partial charge on any atom is -0.486 e. The molecule has 8 heteroatoms. The van der Waals surface area contributed by atoms with Crippen molar-refractivity contribution in [2.45, 2.75) is 17.9 Å². The first kappa shape index (κ1) is 18.2. The minimum absolute atomic E-state index is 0.0191. The Morgan fingerprint density at radius 1 is 1.08 bits per heavy atom. The van der Waals surface area contributed by atoms with E-state index in [2.05, 4.69) is 10.0 Å². The Kier molecular flexibility index (Phi) is 5.43. The van der Waals surface area contributed by atoms with Crippen molar-refractivity contribution >= 4 is 15.9 Å². The molecule has 1 heterocycles. The maximum Gasteiger partial charge on any atom is 0.241 e. The summed E-state index contributed by atoms with van der Waals surface area (Å²) in [4.78, 5) is 12.1. The molecule has 2 aromatic rings. The molecular weight excluding hydrogens is 356 g/mol. The highest BCUT2D eigenvalue weighted by Gasteiger charge is 2.20. The van der Waals surface area contributed by atoms with Gasteiger partial charge in [0.05, 0.1) is 17.5 Å². The van der Waals surface area contributed by atoms with Crippen LogP contribution < -0.4 is 19.5 Å². The summed E-state index contributed by atoms with van der Waals surface area (Å²) in [5, 5.41) is 2.76. The molecule has 1 aliphatic heterocycles. The van der Waals surface area contributed by atoms with Gasteiger partial charge in [0.15, 0.2) is 11.5 Å². The van der Waals surface area contributed by atoms with Gasteiger partial charge in [0.1, 0.15) is 13.2 Å². The zero-order valence-electron chi connectivity index (χ0n) is 14.3. The lowest BCUT2D eigenvalue weighted by Crippen LogP contribution is -2.38. The van der Waals surface area contributed by atoms with Crippen molar-refractivity contribution in [2.24, 2.45) is 0 Å². The van der Waals surface area contributed by atoms with Crippen LogP contribution in [-0.2, 0) is 14.8 Å². The molecule has 0 bridgehead atoms. The molecule has 2 aromatic carbocycles. The van der Waals surface area contributed by atoms with Crippen molar-refractivity contribution in [1.29, 1.82) is 0 Å². The molecule has 1 atom stereocenters. The van der Waals surface area contributed by atoms with Gasteiger partial charge >= 0.3 is 0 Å². The fraction of sp³-hybridized carbons (Fsp3) is 0.278. The van der Waals surface area contributed by atoms with Gasteiger partial charge in [-0.1, -0.05) is 30.3 Å². The maximum atomic E-state index is 12.4. The van der Waals surface area contributed by atoms with E-state index in [0.29, 0.717) is 24.7 Å². The first-order valence-electron chi connectivity index (χ1n) is 8.19. The summed E-state index contributed by atoms with van der Waals surface area (Å²) in [7, 11) is -3.84. The summed E-state index contributed by atoms with van der Waals surface area (Å²) in [6.45, 7) is 2.28. The molecule has 1 aliphatic rings. The van der Waals surface area contributed by atoms with E-state index in [9.17, 15) is 13.2 Å². The van der Waals surface area contributed by atoms with Crippen LogP contribution in [0.15, 0.2) is 53.4 Å². The van der Waals surface area contributed by atoms with Crippen molar-refractivity contribution in [3.8, 4) is 11.5 Å². The number of benzene rings is 2. The quantitative estimate of drug-likeness (QED) is 0.799. The van der Waals surface area contributed by atoms with E-state index in [1.807, 2.05) is 37.3 Å². The number of hydrogen-bond donors (Lipinski definition) is 2. The van der Waals surface area contributed by atoms with Crippen LogP contribution in [0.3, 0.4) is 0 Å². The Bertz CT molecular complexity index is 884. The molecule has 0 aromatic heterocycles. The van der Waals surface area contributed by atoms with Crippen molar-refractivity contribution in [3.05, 3.63) is 54.1 Å². The van der Waals surface area contributed by atoms with Gasteiger partial charge in [0.25, 0.3) is 0 Å². The van der Waals surface area contributed by atoms with E-state index >= 15 is 0 Å². The summed E-state index contributed by atoms with van der Waals surface area (Å²) >= 11 is 0. The van der Waals surface area contributed by atoms with Crippen LogP contribution in [0, 0.1) is 0 Å². The number of carbonyl (C=O) groups excluding carboxylic acids is 1. The zero-order valence-corrected chi connectivity index (χ0v) is 15.1. The highest BCUT2D eigenvalue weighted by Crippen LogP contribution is 2.32. The Hall–Kier alpha value is -2.58. The first-order valence-corrected chi connectivity index (χ1v) is 9.67. The second kappa shape index (κ2) is 7.76. The number of nitrogens with one attached hydrogen (secondary N) is 2. The van der Waals surface area contributed by atoms with Crippen LogP contribution in [-0.4, -0.2) is 34.1 Å². The molecule has 0 spiro atoms. The Labute approximate surface area is 152 Å². The molecule has 7 nitrogen and oxygen atoms in total. The minimum atomic E-state index is -3.84. The van der Waals surface area contributed by atoms with Crippen LogP contribution in [0.25, 0.3) is 0 Å². The third kappa shape index (κ3) is 4.33. The molecule has 0 radical (unpaired) electrons. The molecule has 138 valence electrons. The van der Waals surface area contributed by atoms with Crippen LogP contribution in [0.5, 0.6) is 11.5 Å². The number of sulfonamides is 1. The fourth-order valence-electron chi connectivity index (χ4n) is 2.55. The van der Waals surface area contributed by atoms with E-state index in [4.69, 9.17) is 9.47 Å². The van der Waals surface area contributed by atoms with Gasteiger partial charge in [-0.2, -0.15) is 0 Å². The molecule has 0 aliphatic carbocycles. The van der Waals surface area contributed by atoms with Gasteiger partial charge in [-0.25, -0.2) is 13.1 Å². The Balaban J connectivity index is 1.60. The number of rotatable bonds is 6. The monoisotopic (exact) mass is 376 g/mol. The van der Waals surface area contributed by atoms with Crippen LogP contribution in [0.2, 0.25) is 0 Å². The summed E-state index contributed by atoms with van der Waals surface area (Å²) in [6.07, 6.45) is 0. The van der Waals surface area contributed by atoms with Crippen LogP contribution >= 0.6 is 0 Å². The molecule has 1 unspecified atom stereocenters.